The summed E-state index contributed by atoms with van der Waals surface area (Å²) in [5.74, 6) is 2.40. The van der Waals surface area contributed by atoms with Crippen LogP contribution in [0, 0.1) is 31.6 Å². The van der Waals surface area contributed by atoms with Crippen molar-refractivity contribution in [3.8, 4) is 0 Å². The van der Waals surface area contributed by atoms with Gasteiger partial charge >= 0.3 is 0 Å². The molecule has 1 nitrogen and oxygen atoms in total. The van der Waals surface area contributed by atoms with Crippen molar-refractivity contribution in [3.05, 3.63) is 34.9 Å². The Balaban J connectivity index is 2.15. The Morgan fingerprint density at radius 2 is 1.78 bits per heavy atom. The second kappa shape index (κ2) is 5.88. The third-order valence-corrected chi connectivity index (χ3v) is 4.82. The summed E-state index contributed by atoms with van der Waals surface area (Å²) in [5, 5.41) is 0. The number of benzene rings is 1. The van der Waals surface area contributed by atoms with Gasteiger partial charge in [0.25, 0.3) is 0 Å². The van der Waals surface area contributed by atoms with Gasteiger partial charge in [0.15, 0.2) is 0 Å². The van der Waals surface area contributed by atoms with Crippen molar-refractivity contribution in [2.75, 3.05) is 6.54 Å². The Labute approximate surface area is 112 Å². The van der Waals surface area contributed by atoms with E-state index in [1.807, 2.05) is 0 Å². The predicted molar refractivity (Wildman–Crippen MR) is 78.7 cm³/mol. The van der Waals surface area contributed by atoms with E-state index in [1.54, 1.807) is 5.56 Å². The Kier molecular flexibility index (Phi) is 4.45. The van der Waals surface area contributed by atoms with Crippen molar-refractivity contribution < 1.29 is 0 Å². The lowest BCUT2D eigenvalue weighted by atomic mass is 9.71. The van der Waals surface area contributed by atoms with E-state index in [-0.39, 0.29) is 0 Å². The molecular formula is C17H27N. The van der Waals surface area contributed by atoms with E-state index in [0.717, 1.165) is 24.3 Å². The van der Waals surface area contributed by atoms with Crippen LogP contribution in [0.3, 0.4) is 0 Å². The molecule has 2 rings (SSSR count). The second-order valence-electron chi connectivity index (χ2n) is 6.25. The van der Waals surface area contributed by atoms with E-state index in [0.29, 0.717) is 0 Å². The topological polar surface area (TPSA) is 26.0 Å². The molecule has 0 heterocycles. The molecule has 3 atom stereocenters. The largest absolute Gasteiger partial charge is 0.330 e. The van der Waals surface area contributed by atoms with Gasteiger partial charge in [0, 0.05) is 0 Å². The van der Waals surface area contributed by atoms with Crippen molar-refractivity contribution in [3.63, 3.8) is 0 Å². The van der Waals surface area contributed by atoms with E-state index in [4.69, 9.17) is 5.73 Å². The Hall–Kier alpha value is -0.820. The highest BCUT2D eigenvalue weighted by Crippen LogP contribution is 2.36. The van der Waals surface area contributed by atoms with Gasteiger partial charge in [0.05, 0.1) is 0 Å². The minimum Gasteiger partial charge on any atom is -0.330 e. The normalized spacial score (nSPS) is 28.3. The maximum Gasteiger partial charge on any atom is -0.00461 e. The molecule has 2 N–H and O–H groups in total. The third kappa shape index (κ3) is 2.95. The molecule has 0 aromatic heterocycles. The summed E-state index contributed by atoms with van der Waals surface area (Å²) >= 11 is 0. The SMILES string of the molecule is Cc1cccc(C)c1CC1CC(C)CCC1CN. The Morgan fingerprint density at radius 1 is 1.11 bits per heavy atom. The lowest BCUT2D eigenvalue weighted by Gasteiger charge is -2.35. The average molecular weight is 245 g/mol. The van der Waals surface area contributed by atoms with Crippen LogP contribution >= 0.6 is 0 Å². The zero-order valence-corrected chi connectivity index (χ0v) is 12.1. The van der Waals surface area contributed by atoms with Crippen LogP contribution in [0.15, 0.2) is 18.2 Å². The summed E-state index contributed by atoms with van der Waals surface area (Å²) in [4.78, 5) is 0. The summed E-state index contributed by atoms with van der Waals surface area (Å²) in [7, 11) is 0. The average Bonchev–Trinajstić information content (AvgIpc) is 2.34. The first-order chi connectivity index (χ1) is 8.61. The van der Waals surface area contributed by atoms with Crippen molar-refractivity contribution >= 4 is 0 Å². The quantitative estimate of drug-likeness (QED) is 0.860. The molecule has 1 aliphatic rings. The highest BCUT2D eigenvalue weighted by Gasteiger charge is 2.28. The molecule has 0 aliphatic heterocycles. The maximum atomic E-state index is 5.97. The molecule has 0 amide bonds. The maximum absolute atomic E-state index is 5.97. The fourth-order valence-corrected chi connectivity index (χ4v) is 3.55. The summed E-state index contributed by atoms with van der Waals surface area (Å²) in [6.07, 6.45) is 5.28. The van der Waals surface area contributed by atoms with Crippen LogP contribution in [-0.2, 0) is 6.42 Å². The third-order valence-electron chi connectivity index (χ3n) is 4.82. The number of rotatable bonds is 3. The van der Waals surface area contributed by atoms with Crippen LogP contribution in [0.4, 0.5) is 0 Å². The summed E-state index contributed by atoms with van der Waals surface area (Å²) in [6.45, 7) is 7.74. The van der Waals surface area contributed by atoms with Gasteiger partial charge in [-0.2, -0.15) is 0 Å². The van der Waals surface area contributed by atoms with Gasteiger partial charge in [0.2, 0.25) is 0 Å². The van der Waals surface area contributed by atoms with Gasteiger partial charge in [-0.1, -0.05) is 31.5 Å². The molecule has 1 fully saturated rings. The van der Waals surface area contributed by atoms with Crippen molar-refractivity contribution in [1.82, 2.24) is 0 Å². The molecule has 1 aromatic carbocycles. The summed E-state index contributed by atoms with van der Waals surface area (Å²) < 4.78 is 0. The number of nitrogens with two attached hydrogens (primary N) is 1. The fraction of sp³-hybridized carbons (Fsp3) is 0.647. The molecule has 100 valence electrons. The van der Waals surface area contributed by atoms with Crippen LogP contribution < -0.4 is 5.73 Å². The lowest BCUT2D eigenvalue weighted by molar-refractivity contribution is 0.193. The molecule has 18 heavy (non-hydrogen) atoms. The molecular weight excluding hydrogens is 218 g/mol. The molecule has 0 spiro atoms. The van der Waals surface area contributed by atoms with Gasteiger partial charge in [-0.25, -0.2) is 0 Å². The molecule has 0 bridgehead atoms. The van der Waals surface area contributed by atoms with Crippen LogP contribution in [-0.4, -0.2) is 6.54 Å². The highest BCUT2D eigenvalue weighted by atomic mass is 14.6. The standard InChI is InChI=1S/C17H27N/c1-12-7-8-15(11-18)16(9-12)10-17-13(2)5-4-6-14(17)3/h4-6,12,15-16H,7-11,18H2,1-3H3. The van der Waals surface area contributed by atoms with Crippen LogP contribution in [0.1, 0.15) is 42.9 Å². The van der Waals surface area contributed by atoms with Gasteiger partial charge in [-0.05, 0) is 74.1 Å². The highest BCUT2D eigenvalue weighted by molar-refractivity contribution is 5.33. The first-order valence-electron chi connectivity index (χ1n) is 7.37. The first-order valence-corrected chi connectivity index (χ1v) is 7.37. The number of hydrogen-bond donors (Lipinski definition) is 1. The molecule has 0 saturated heterocycles. The van der Waals surface area contributed by atoms with E-state index >= 15 is 0 Å². The number of hydrogen-bond acceptors (Lipinski definition) is 1. The monoisotopic (exact) mass is 245 g/mol. The van der Waals surface area contributed by atoms with E-state index in [9.17, 15) is 0 Å². The molecule has 0 radical (unpaired) electrons. The Bertz CT molecular complexity index is 376. The number of aryl methyl sites for hydroxylation is 2. The van der Waals surface area contributed by atoms with Crippen LogP contribution in [0.5, 0.6) is 0 Å². The summed E-state index contributed by atoms with van der Waals surface area (Å²) in [5.41, 5.74) is 10.4. The zero-order chi connectivity index (χ0) is 13.1. The second-order valence-corrected chi connectivity index (χ2v) is 6.25. The molecule has 1 heteroatoms. The minimum atomic E-state index is 0.736. The van der Waals surface area contributed by atoms with Crippen molar-refractivity contribution in [1.29, 1.82) is 0 Å². The molecule has 1 aromatic rings. The minimum absolute atomic E-state index is 0.736. The Morgan fingerprint density at radius 3 is 2.39 bits per heavy atom. The predicted octanol–water partition coefficient (Wildman–Crippen LogP) is 3.86. The smallest absolute Gasteiger partial charge is 0.00461 e. The van der Waals surface area contributed by atoms with Crippen molar-refractivity contribution in [2.24, 2.45) is 23.5 Å². The molecule has 3 unspecified atom stereocenters. The van der Waals surface area contributed by atoms with E-state index in [2.05, 4.69) is 39.0 Å². The molecule has 1 saturated carbocycles. The zero-order valence-electron chi connectivity index (χ0n) is 12.1. The summed E-state index contributed by atoms with van der Waals surface area (Å²) in [6, 6.07) is 6.65. The molecule has 1 aliphatic carbocycles. The van der Waals surface area contributed by atoms with E-state index in [1.165, 1.54) is 36.8 Å². The van der Waals surface area contributed by atoms with Gasteiger partial charge in [-0.15, -0.1) is 0 Å². The fourth-order valence-electron chi connectivity index (χ4n) is 3.55. The first kappa shape index (κ1) is 13.6. The van der Waals surface area contributed by atoms with Gasteiger partial charge in [-0.3, -0.25) is 0 Å². The van der Waals surface area contributed by atoms with Crippen LogP contribution in [0.25, 0.3) is 0 Å². The lowest BCUT2D eigenvalue weighted by Crippen LogP contribution is -2.31. The van der Waals surface area contributed by atoms with Crippen LogP contribution in [0.2, 0.25) is 0 Å². The van der Waals surface area contributed by atoms with Crippen molar-refractivity contribution in [2.45, 2.75) is 46.5 Å². The van der Waals surface area contributed by atoms with Gasteiger partial charge in [0.1, 0.15) is 0 Å². The van der Waals surface area contributed by atoms with E-state index < -0.39 is 0 Å². The van der Waals surface area contributed by atoms with Gasteiger partial charge < -0.3 is 5.73 Å².